The molecule has 4 nitrogen and oxygen atoms in total. The molecule has 3 rings (SSSR count). The lowest BCUT2D eigenvalue weighted by Gasteiger charge is -2.19. The predicted octanol–water partition coefficient (Wildman–Crippen LogP) is 6.13. The maximum atomic E-state index is 10.6. The highest BCUT2D eigenvalue weighted by Crippen LogP contribution is 2.48. The van der Waals surface area contributed by atoms with Gasteiger partial charge in [-0.25, -0.2) is 4.98 Å². The van der Waals surface area contributed by atoms with Crippen LogP contribution in [0.5, 0.6) is 0 Å². The molecule has 0 amide bonds. The number of aromatic nitrogens is 1. The van der Waals surface area contributed by atoms with E-state index in [2.05, 4.69) is 36.3 Å². The minimum absolute atomic E-state index is 0.192. The number of fused-ring (bicyclic) bond motifs is 1. The fourth-order valence-corrected chi connectivity index (χ4v) is 5.55. The molecule has 178 valence electrons. The maximum absolute atomic E-state index is 10.6. The van der Waals surface area contributed by atoms with E-state index in [0.29, 0.717) is 17.8 Å². The van der Waals surface area contributed by atoms with Crippen LogP contribution in [0.25, 0.3) is 0 Å². The molecule has 1 heterocycles. The first kappa shape index (κ1) is 25.0. The van der Waals surface area contributed by atoms with Crippen LogP contribution in [0.1, 0.15) is 78.1 Å². The highest BCUT2D eigenvalue weighted by Gasteiger charge is 2.43. The van der Waals surface area contributed by atoms with Gasteiger partial charge in [0.15, 0.2) is 0 Å². The third-order valence-electron chi connectivity index (χ3n) is 7.35. The number of nitrogens with one attached hydrogen (secondary N) is 1. The summed E-state index contributed by atoms with van der Waals surface area (Å²) in [5, 5.41) is 24.4. The lowest BCUT2D eigenvalue weighted by molar-refractivity contribution is 0.139. The summed E-state index contributed by atoms with van der Waals surface area (Å²) in [6.07, 6.45) is 19.0. The summed E-state index contributed by atoms with van der Waals surface area (Å²) in [5.41, 5.74) is 1.58. The Bertz CT molecular complexity index is 717. The van der Waals surface area contributed by atoms with Crippen molar-refractivity contribution in [1.29, 1.82) is 0 Å². The zero-order chi connectivity index (χ0) is 22.8. The van der Waals surface area contributed by atoms with Crippen LogP contribution in [0.2, 0.25) is 0 Å². The normalized spacial score (nSPS) is 26.8. The predicted molar refractivity (Wildman–Crippen MR) is 133 cm³/mol. The number of allylic oxidation sites excluding steroid dienone is 2. The zero-order valence-corrected chi connectivity index (χ0v) is 20.1. The van der Waals surface area contributed by atoms with E-state index in [1.54, 1.807) is 5.57 Å². The second kappa shape index (κ2) is 13.2. The highest BCUT2D eigenvalue weighted by atomic mass is 16.3. The van der Waals surface area contributed by atoms with Crippen LogP contribution in [0.3, 0.4) is 0 Å². The number of nitrogens with zero attached hydrogens (tertiary/aromatic N) is 1. The summed E-state index contributed by atoms with van der Waals surface area (Å²) >= 11 is 0. The van der Waals surface area contributed by atoms with Gasteiger partial charge in [-0.1, -0.05) is 69.4 Å². The van der Waals surface area contributed by atoms with Gasteiger partial charge in [0.25, 0.3) is 0 Å². The van der Waals surface area contributed by atoms with E-state index in [9.17, 15) is 10.2 Å². The van der Waals surface area contributed by atoms with Crippen molar-refractivity contribution in [2.45, 2.75) is 90.3 Å². The molecule has 0 bridgehead atoms. The molecular weight excluding hydrogens is 396 g/mol. The van der Waals surface area contributed by atoms with Crippen LogP contribution in [0.4, 0.5) is 5.82 Å². The number of aliphatic hydroxyl groups excluding tert-OH is 2. The first-order chi connectivity index (χ1) is 15.6. The Labute approximate surface area is 195 Å². The van der Waals surface area contributed by atoms with Gasteiger partial charge in [-0.15, -0.1) is 0 Å². The van der Waals surface area contributed by atoms with Gasteiger partial charge in [0.1, 0.15) is 5.82 Å². The van der Waals surface area contributed by atoms with E-state index in [4.69, 9.17) is 0 Å². The standard InChI is InChI=1S/C28H44N2O2/c1-3-4-10-21(2)17-24(31)13-14-25-26-19-22(18-23(26)20-27(25)32)11-6-5-8-15-29-28-12-7-9-16-30-28/h7,9,12-14,16,18,21,23-27,31-32H,3-6,8,10-11,15,17,19-20H2,1-2H3,(H,29,30)/t21-,23-,24+,25+,26-,27+/m0/s1. The topological polar surface area (TPSA) is 65.4 Å². The number of aliphatic hydroxyl groups is 2. The van der Waals surface area contributed by atoms with E-state index < -0.39 is 0 Å². The lowest BCUT2D eigenvalue weighted by atomic mass is 9.88. The molecule has 3 N–H and O–H groups in total. The summed E-state index contributed by atoms with van der Waals surface area (Å²) in [7, 11) is 0. The minimum Gasteiger partial charge on any atom is -0.392 e. The third kappa shape index (κ3) is 7.74. The average Bonchev–Trinajstić information content (AvgIpc) is 3.30. The molecule has 2 aliphatic rings. The van der Waals surface area contributed by atoms with E-state index in [0.717, 1.165) is 38.0 Å². The number of hydrogen-bond donors (Lipinski definition) is 3. The van der Waals surface area contributed by atoms with Gasteiger partial charge < -0.3 is 15.5 Å². The molecule has 0 unspecified atom stereocenters. The molecule has 6 atom stereocenters. The van der Waals surface area contributed by atoms with Crippen LogP contribution in [-0.2, 0) is 0 Å². The molecule has 0 aromatic carbocycles. The van der Waals surface area contributed by atoms with Crippen LogP contribution in [-0.4, -0.2) is 33.9 Å². The Balaban J connectivity index is 1.35. The van der Waals surface area contributed by atoms with Crippen molar-refractivity contribution in [3.05, 3.63) is 48.2 Å². The molecule has 1 fully saturated rings. The summed E-state index contributed by atoms with van der Waals surface area (Å²) in [5.74, 6) is 2.73. The van der Waals surface area contributed by atoms with Crippen molar-refractivity contribution in [1.82, 2.24) is 4.98 Å². The Morgan fingerprint density at radius 3 is 2.88 bits per heavy atom. The Kier molecular flexibility index (Phi) is 10.3. The molecule has 4 heteroatoms. The van der Waals surface area contributed by atoms with Crippen LogP contribution < -0.4 is 5.32 Å². The van der Waals surface area contributed by atoms with Crippen molar-refractivity contribution in [3.63, 3.8) is 0 Å². The minimum atomic E-state index is -0.387. The first-order valence-electron chi connectivity index (χ1n) is 13.0. The quantitative estimate of drug-likeness (QED) is 0.240. The van der Waals surface area contributed by atoms with Crippen molar-refractivity contribution in [2.24, 2.45) is 23.7 Å². The lowest BCUT2D eigenvalue weighted by Crippen LogP contribution is -2.18. The van der Waals surface area contributed by atoms with Gasteiger partial charge >= 0.3 is 0 Å². The van der Waals surface area contributed by atoms with Crippen molar-refractivity contribution in [2.75, 3.05) is 11.9 Å². The van der Waals surface area contributed by atoms with Crippen molar-refractivity contribution in [3.8, 4) is 0 Å². The van der Waals surface area contributed by atoms with Crippen molar-refractivity contribution >= 4 is 5.82 Å². The third-order valence-corrected chi connectivity index (χ3v) is 7.35. The molecule has 0 spiro atoms. The molecule has 1 saturated carbocycles. The summed E-state index contributed by atoms with van der Waals surface area (Å²) < 4.78 is 0. The summed E-state index contributed by atoms with van der Waals surface area (Å²) in [6, 6.07) is 5.95. The van der Waals surface area contributed by atoms with Gasteiger partial charge in [-0.3, -0.25) is 0 Å². The van der Waals surface area contributed by atoms with Gasteiger partial charge in [0.05, 0.1) is 12.2 Å². The largest absolute Gasteiger partial charge is 0.392 e. The van der Waals surface area contributed by atoms with E-state index in [1.807, 2.05) is 30.5 Å². The van der Waals surface area contributed by atoms with Crippen LogP contribution >= 0.6 is 0 Å². The smallest absolute Gasteiger partial charge is 0.125 e. The molecular formula is C28H44N2O2. The van der Waals surface area contributed by atoms with Crippen molar-refractivity contribution < 1.29 is 10.2 Å². The average molecular weight is 441 g/mol. The Hall–Kier alpha value is -1.65. The SMILES string of the molecule is CCCC[C@H](C)C[C@H](O)C=C[C@@H]1[C@H]2CC(CCCCCNc3ccccn3)=C[C@H]2C[C@H]1O. The molecule has 0 aliphatic heterocycles. The van der Waals surface area contributed by atoms with E-state index >= 15 is 0 Å². The first-order valence-corrected chi connectivity index (χ1v) is 13.0. The molecule has 2 aliphatic carbocycles. The van der Waals surface area contributed by atoms with Crippen LogP contribution in [0, 0.1) is 23.7 Å². The molecule has 1 aromatic heterocycles. The summed E-state index contributed by atoms with van der Waals surface area (Å²) in [6.45, 7) is 5.42. The van der Waals surface area contributed by atoms with Crippen LogP contribution in [0.15, 0.2) is 48.2 Å². The van der Waals surface area contributed by atoms with E-state index in [-0.39, 0.29) is 18.1 Å². The second-order valence-electron chi connectivity index (χ2n) is 10.1. The fourth-order valence-electron chi connectivity index (χ4n) is 5.55. The highest BCUT2D eigenvalue weighted by molar-refractivity contribution is 5.32. The summed E-state index contributed by atoms with van der Waals surface area (Å²) in [4.78, 5) is 4.29. The monoisotopic (exact) mass is 440 g/mol. The van der Waals surface area contributed by atoms with Gasteiger partial charge in [0.2, 0.25) is 0 Å². The van der Waals surface area contributed by atoms with E-state index in [1.165, 1.54) is 38.5 Å². The molecule has 32 heavy (non-hydrogen) atoms. The number of rotatable bonds is 14. The fraction of sp³-hybridized carbons (Fsp3) is 0.679. The van der Waals surface area contributed by atoms with Gasteiger partial charge in [-0.05, 0) is 68.4 Å². The zero-order valence-electron chi connectivity index (χ0n) is 20.1. The maximum Gasteiger partial charge on any atom is 0.125 e. The molecule has 0 saturated heterocycles. The number of unbranched alkanes of at least 4 members (excludes halogenated alkanes) is 3. The Morgan fingerprint density at radius 2 is 2.09 bits per heavy atom. The number of anilines is 1. The molecule has 1 aromatic rings. The second-order valence-corrected chi connectivity index (χ2v) is 10.1. The Morgan fingerprint density at radius 1 is 1.22 bits per heavy atom. The number of hydrogen-bond acceptors (Lipinski definition) is 4. The van der Waals surface area contributed by atoms with Gasteiger partial charge in [-0.2, -0.15) is 0 Å². The van der Waals surface area contributed by atoms with Gasteiger partial charge in [0, 0.05) is 18.7 Å². The number of pyridine rings is 1. The molecule has 0 radical (unpaired) electrons.